The van der Waals surface area contributed by atoms with E-state index in [-0.39, 0.29) is 6.04 Å². The number of nitrogens with zero attached hydrogens (tertiary/aromatic N) is 3. The summed E-state index contributed by atoms with van der Waals surface area (Å²) in [6, 6.07) is 6.17. The van der Waals surface area contributed by atoms with Gasteiger partial charge in [-0.05, 0) is 37.6 Å². The van der Waals surface area contributed by atoms with Crippen LogP contribution in [0.15, 0.2) is 30.6 Å². The van der Waals surface area contributed by atoms with E-state index in [1.807, 2.05) is 36.3 Å². The van der Waals surface area contributed by atoms with Crippen molar-refractivity contribution in [2.75, 3.05) is 6.54 Å². The molecule has 0 aromatic carbocycles. The van der Waals surface area contributed by atoms with E-state index in [0.29, 0.717) is 0 Å². The molecule has 1 unspecified atom stereocenters. The second-order valence-corrected chi connectivity index (χ2v) is 4.51. The van der Waals surface area contributed by atoms with E-state index in [4.69, 9.17) is 0 Å². The van der Waals surface area contributed by atoms with Crippen LogP contribution in [0.2, 0.25) is 0 Å². The number of nitrogens with one attached hydrogen (secondary N) is 1. The molecule has 4 heteroatoms. The fraction of sp³-hybridized carbons (Fsp3) is 0.429. The van der Waals surface area contributed by atoms with Crippen LogP contribution in [0, 0.1) is 6.92 Å². The highest BCUT2D eigenvalue weighted by molar-refractivity contribution is 5.27. The van der Waals surface area contributed by atoms with E-state index < -0.39 is 0 Å². The smallest absolute Gasteiger partial charge is 0.0946 e. The molecule has 0 radical (unpaired) electrons. The van der Waals surface area contributed by atoms with E-state index in [0.717, 1.165) is 24.4 Å². The SMILES string of the molecule is CCCNC(c1ccn(C)n1)c1ncccc1C. The van der Waals surface area contributed by atoms with Gasteiger partial charge in [-0.25, -0.2) is 0 Å². The van der Waals surface area contributed by atoms with Crippen molar-refractivity contribution in [2.45, 2.75) is 26.3 Å². The Kier molecular flexibility index (Phi) is 4.10. The number of aromatic nitrogens is 3. The molecule has 0 amide bonds. The molecule has 18 heavy (non-hydrogen) atoms. The minimum absolute atomic E-state index is 0.0762. The fourth-order valence-corrected chi connectivity index (χ4v) is 2.02. The highest BCUT2D eigenvalue weighted by Gasteiger charge is 2.18. The molecular weight excluding hydrogens is 224 g/mol. The summed E-state index contributed by atoms with van der Waals surface area (Å²) in [6.07, 6.45) is 4.90. The Bertz CT molecular complexity index is 504. The Morgan fingerprint density at radius 1 is 1.39 bits per heavy atom. The molecule has 0 aliphatic rings. The van der Waals surface area contributed by atoms with Crippen molar-refractivity contribution in [2.24, 2.45) is 7.05 Å². The standard InChI is InChI=1S/C14H20N4/c1-4-8-15-14(12-7-10-18(3)17-12)13-11(2)6-5-9-16-13/h5-7,9-10,14-15H,4,8H2,1-3H3. The van der Waals surface area contributed by atoms with Crippen LogP contribution in [0.5, 0.6) is 0 Å². The van der Waals surface area contributed by atoms with Crippen molar-refractivity contribution in [1.82, 2.24) is 20.1 Å². The molecule has 4 nitrogen and oxygen atoms in total. The lowest BCUT2D eigenvalue weighted by atomic mass is 10.1. The Labute approximate surface area is 108 Å². The quantitative estimate of drug-likeness (QED) is 0.877. The lowest BCUT2D eigenvalue weighted by molar-refractivity contribution is 0.562. The molecule has 96 valence electrons. The third-order valence-corrected chi connectivity index (χ3v) is 2.95. The predicted molar refractivity (Wildman–Crippen MR) is 72.3 cm³/mol. The lowest BCUT2D eigenvalue weighted by Gasteiger charge is -2.17. The average molecular weight is 244 g/mol. The van der Waals surface area contributed by atoms with Crippen molar-refractivity contribution in [3.05, 3.63) is 47.5 Å². The molecule has 2 rings (SSSR count). The molecule has 0 saturated carbocycles. The van der Waals surface area contributed by atoms with Crippen LogP contribution in [-0.2, 0) is 7.05 Å². The van der Waals surface area contributed by atoms with Crippen molar-refractivity contribution in [1.29, 1.82) is 0 Å². The number of hydrogen-bond acceptors (Lipinski definition) is 3. The summed E-state index contributed by atoms with van der Waals surface area (Å²) in [5.41, 5.74) is 3.27. The minimum Gasteiger partial charge on any atom is -0.304 e. The van der Waals surface area contributed by atoms with Gasteiger partial charge in [0.05, 0.1) is 17.4 Å². The summed E-state index contributed by atoms with van der Waals surface area (Å²) in [5, 5.41) is 8.01. The Morgan fingerprint density at radius 3 is 2.83 bits per heavy atom. The van der Waals surface area contributed by atoms with Crippen LogP contribution in [0.1, 0.15) is 36.3 Å². The molecule has 2 aromatic rings. The van der Waals surface area contributed by atoms with Gasteiger partial charge < -0.3 is 5.32 Å². The summed E-state index contributed by atoms with van der Waals surface area (Å²) in [5.74, 6) is 0. The largest absolute Gasteiger partial charge is 0.304 e. The summed E-state index contributed by atoms with van der Waals surface area (Å²) >= 11 is 0. The van der Waals surface area contributed by atoms with Crippen molar-refractivity contribution in [3.63, 3.8) is 0 Å². The molecule has 0 fully saturated rings. The topological polar surface area (TPSA) is 42.7 Å². The Hall–Kier alpha value is -1.68. The van der Waals surface area contributed by atoms with Crippen molar-refractivity contribution >= 4 is 0 Å². The average Bonchev–Trinajstić information content (AvgIpc) is 2.78. The van der Waals surface area contributed by atoms with Crippen molar-refractivity contribution in [3.8, 4) is 0 Å². The van der Waals surface area contributed by atoms with E-state index in [1.165, 1.54) is 5.56 Å². The summed E-state index contributed by atoms with van der Waals surface area (Å²) in [6.45, 7) is 5.21. The number of rotatable bonds is 5. The maximum atomic E-state index is 4.51. The van der Waals surface area contributed by atoms with Gasteiger partial charge in [-0.1, -0.05) is 13.0 Å². The zero-order valence-electron chi connectivity index (χ0n) is 11.2. The van der Waals surface area contributed by atoms with Gasteiger partial charge in [0, 0.05) is 19.4 Å². The van der Waals surface area contributed by atoms with Crippen LogP contribution in [0.25, 0.3) is 0 Å². The predicted octanol–water partition coefficient (Wildman–Crippen LogP) is 2.21. The highest BCUT2D eigenvalue weighted by atomic mass is 15.3. The fourth-order valence-electron chi connectivity index (χ4n) is 2.02. The molecule has 0 saturated heterocycles. The minimum atomic E-state index is 0.0762. The highest BCUT2D eigenvalue weighted by Crippen LogP contribution is 2.21. The van der Waals surface area contributed by atoms with E-state index in [9.17, 15) is 0 Å². The Morgan fingerprint density at radius 2 is 2.22 bits per heavy atom. The van der Waals surface area contributed by atoms with Gasteiger partial charge in [-0.3, -0.25) is 9.67 Å². The molecule has 0 aliphatic carbocycles. The zero-order valence-corrected chi connectivity index (χ0v) is 11.2. The summed E-state index contributed by atoms with van der Waals surface area (Å²) < 4.78 is 1.83. The number of aryl methyl sites for hydroxylation is 2. The molecule has 1 N–H and O–H groups in total. The van der Waals surface area contributed by atoms with Gasteiger partial charge in [-0.2, -0.15) is 5.10 Å². The molecule has 0 bridgehead atoms. The number of pyridine rings is 1. The van der Waals surface area contributed by atoms with E-state index >= 15 is 0 Å². The first-order valence-electron chi connectivity index (χ1n) is 6.36. The van der Waals surface area contributed by atoms with Crippen LogP contribution in [0.3, 0.4) is 0 Å². The third kappa shape index (κ3) is 2.76. The second-order valence-electron chi connectivity index (χ2n) is 4.51. The maximum Gasteiger partial charge on any atom is 0.0946 e. The second kappa shape index (κ2) is 5.78. The van der Waals surface area contributed by atoms with Crippen LogP contribution in [-0.4, -0.2) is 21.3 Å². The first kappa shape index (κ1) is 12.8. The van der Waals surface area contributed by atoms with E-state index in [2.05, 4.69) is 35.3 Å². The van der Waals surface area contributed by atoms with Gasteiger partial charge in [0.1, 0.15) is 0 Å². The molecule has 1 atom stereocenters. The monoisotopic (exact) mass is 244 g/mol. The molecule has 2 aromatic heterocycles. The van der Waals surface area contributed by atoms with Gasteiger partial charge in [0.25, 0.3) is 0 Å². The molecule has 0 aliphatic heterocycles. The maximum absolute atomic E-state index is 4.51. The summed E-state index contributed by atoms with van der Waals surface area (Å²) in [4.78, 5) is 4.51. The lowest BCUT2D eigenvalue weighted by Crippen LogP contribution is -2.25. The Balaban J connectivity index is 2.33. The van der Waals surface area contributed by atoms with Gasteiger partial charge in [0.15, 0.2) is 0 Å². The molecule has 0 spiro atoms. The van der Waals surface area contributed by atoms with Crippen LogP contribution in [0.4, 0.5) is 0 Å². The normalized spacial score (nSPS) is 12.6. The van der Waals surface area contributed by atoms with Crippen LogP contribution >= 0.6 is 0 Å². The van der Waals surface area contributed by atoms with Crippen LogP contribution < -0.4 is 5.32 Å². The third-order valence-electron chi connectivity index (χ3n) is 2.95. The van der Waals surface area contributed by atoms with Gasteiger partial charge >= 0.3 is 0 Å². The summed E-state index contributed by atoms with van der Waals surface area (Å²) in [7, 11) is 1.94. The van der Waals surface area contributed by atoms with Crippen molar-refractivity contribution < 1.29 is 0 Å². The first-order valence-corrected chi connectivity index (χ1v) is 6.36. The molecule has 2 heterocycles. The zero-order chi connectivity index (χ0) is 13.0. The van der Waals surface area contributed by atoms with Gasteiger partial charge in [-0.15, -0.1) is 0 Å². The first-order chi connectivity index (χ1) is 8.72. The molecular formula is C14H20N4. The number of hydrogen-bond donors (Lipinski definition) is 1. The van der Waals surface area contributed by atoms with Gasteiger partial charge in [0.2, 0.25) is 0 Å². The van der Waals surface area contributed by atoms with E-state index in [1.54, 1.807) is 0 Å².